The van der Waals surface area contributed by atoms with Gasteiger partial charge in [-0.15, -0.1) is 0 Å². The second-order valence-electron chi connectivity index (χ2n) is 6.30. The van der Waals surface area contributed by atoms with Gasteiger partial charge in [0, 0.05) is 24.3 Å². The van der Waals surface area contributed by atoms with E-state index >= 15 is 0 Å². The monoisotopic (exact) mass is 295 g/mol. The number of hydrogen-bond acceptors (Lipinski definition) is 3. The molecule has 1 fully saturated rings. The van der Waals surface area contributed by atoms with Crippen molar-refractivity contribution in [2.45, 2.75) is 25.7 Å². The highest BCUT2D eigenvalue weighted by Gasteiger charge is 2.35. The first-order valence-electron chi connectivity index (χ1n) is 7.38. The van der Waals surface area contributed by atoms with Gasteiger partial charge in [-0.3, -0.25) is 4.79 Å². The normalized spacial score (nSPS) is 36.6. The van der Waals surface area contributed by atoms with Crippen molar-refractivity contribution in [2.24, 2.45) is 23.7 Å². The standard InChI is InChI=1S/C15H21NO3S/c17-15(9-12-4-6-20(18,19)10-12)16-5-3-14-8-11-1-2-13(14)7-11/h1-2,4,6,11-14H,3,5,7-10H2,(H,16,17)/t11-,12?,13+,14-/m1/s1. The SMILES string of the molecule is O=C(CC1C=CS(=O)(=O)C1)NCC[C@@H]1C[C@@H]2C=C[C@H]1C2. The smallest absolute Gasteiger partial charge is 0.220 e. The molecule has 1 saturated carbocycles. The van der Waals surface area contributed by atoms with Crippen LogP contribution in [-0.2, 0) is 14.6 Å². The molecule has 0 aromatic heterocycles. The number of nitrogens with one attached hydrogen (secondary N) is 1. The maximum absolute atomic E-state index is 11.8. The van der Waals surface area contributed by atoms with Crippen molar-refractivity contribution in [3.63, 3.8) is 0 Å². The molecule has 1 N–H and O–H groups in total. The predicted molar refractivity (Wildman–Crippen MR) is 77.5 cm³/mol. The summed E-state index contributed by atoms with van der Waals surface area (Å²) in [4.78, 5) is 11.8. The van der Waals surface area contributed by atoms with Gasteiger partial charge in [0.25, 0.3) is 0 Å². The van der Waals surface area contributed by atoms with Gasteiger partial charge in [0.15, 0.2) is 9.84 Å². The molecule has 0 aromatic carbocycles. The molecule has 4 nitrogen and oxygen atoms in total. The van der Waals surface area contributed by atoms with Crippen LogP contribution in [0.15, 0.2) is 23.6 Å². The molecule has 0 aromatic rings. The lowest BCUT2D eigenvalue weighted by atomic mass is 9.90. The molecule has 20 heavy (non-hydrogen) atoms. The van der Waals surface area contributed by atoms with Crippen LogP contribution in [0.2, 0.25) is 0 Å². The molecule has 110 valence electrons. The number of fused-ring (bicyclic) bond motifs is 2. The van der Waals surface area contributed by atoms with Crippen LogP contribution < -0.4 is 5.32 Å². The van der Waals surface area contributed by atoms with Crippen LogP contribution in [0.1, 0.15) is 25.7 Å². The van der Waals surface area contributed by atoms with Crippen LogP contribution in [-0.4, -0.2) is 26.6 Å². The van der Waals surface area contributed by atoms with Crippen LogP contribution in [0, 0.1) is 23.7 Å². The molecule has 1 unspecified atom stereocenters. The molecule has 1 heterocycles. The lowest BCUT2D eigenvalue weighted by Crippen LogP contribution is -2.28. The van der Waals surface area contributed by atoms with Gasteiger partial charge < -0.3 is 5.32 Å². The second kappa shape index (κ2) is 5.35. The third-order valence-electron chi connectivity index (χ3n) is 4.71. The number of carbonyl (C=O) groups is 1. The minimum Gasteiger partial charge on any atom is -0.356 e. The van der Waals surface area contributed by atoms with Gasteiger partial charge in [-0.05, 0) is 37.0 Å². The second-order valence-corrected chi connectivity index (χ2v) is 8.23. The van der Waals surface area contributed by atoms with Crippen molar-refractivity contribution < 1.29 is 13.2 Å². The van der Waals surface area contributed by atoms with E-state index in [0.29, 0.717) is 6.54 Å². The Kier molecular flexibility index (Phi) is 3.71. The fraction of sp³-hybridized carbons (Fsp3) is 0.667. The van der Waals surface area contributed by atoms with Gasteiger partial charge in [-0.1, -0.05) is 18.2 Å². The highest BCUT2D eigenvalue weighted by Crippen LogP contribution is 2.44. The molecular weight excluding hydrogens is 274 g/mol. The Morgan fingerprint density at radius 3 is 2.65 bits per heavy atom. The fourth-order valence-corrected chi connectivity index (χ4v) is 5.10. The Balaban J connectivity index is 1.36. The van der Waals surface area contributed by atoms with E-state index in [-0.39, 0.29) is 24.0 Å². The van der Waals surface area contributed by atoms with E-state index in [1.807, 2.05) is 0 Å². The lowest BCUT2D eigenvalue weighted by molar-refractivity contribution is -0.121. The minimum absolute atomic E-state index is 0.0320. The maximum Gasteiger partial charge on any atom is 0.220 e. The zero-order valence-corrected chi connectivity index (χ0v) is 12.3. The largest absolute Gasteiger partial charge is 0.356 e. The molecule has 1 amide bonds. The third-order valence-corrected chi connectivity index (χ3v) is 6.17. The first-order chi connectivity index (χ1) is 9.52. The number of allylic oxidation sites excluding steroid dienone is 3. The molecule has 0 saturated heterocycles. The zero-order valence-electron chi connectivity index (χ0n) is 11.5. The summed E-state index contributed by atoms with van der Waals surface area (Å²) < 4.78 is 22.5. The van der Waals surface area contributed by atoms with E-state index in [1.165, 1.54) is 18.2 Å². The molecule has 3 rings (SSSR count). The highest BCUT2D eigenvalue weighted by atomic mass is 32.2. The van der Waals surface area contributed by atoms with Crippen molar-refractivity contribution >= 4 is 15.7 Å². The van der Waals surface area contributed by atoms with E-state index < -0.39 is 9.84 Å². The van der Waals surface area contributed by atoms with Crippen molar-refractivity contribution in [1.82, 2.24) is 5.32 Å². The molecule has 1 aliphatic heterocycles. The summed E-state index contributed by atoms with van der Waals surface area (Å²) in [7, 11) is -3.05. The summed E-state index contributed by atoms with van der Waals surface area (Å²) in [5.74, 6) is 2.12. The van der Waals surface area contributed by atoms with Crippen LogP contribution >= 0.6 is 0 Å². The average molecular weight is 295 g/mol. The van der Waals surface area contributed by atoms with Crippen LogP contribution in [0.5, 0.6) is 0 Å². The molecule has 3 aliphatic rings. The van der Waals surface area contributed by atoms with Crippen molar-refractivity contribution in [2.75, 3.05) is 12.3 Å². The molecule has 2 aliphatic carbocycles. The third kappa shape index (κ3) is 3.14. The lowest BCUT2D eigenvalue weighted by Gasteiger charge is -2.18. The Morgan fingerprint density at radius 2 is 2.05 bits per heavy atom. The summed E-state index contributed by atoms with van der Waals surface area (Å²) in [6, 6.07) is 0. The topological polar surface area (TPSA) is 63.2 Å². The summed E-state index contributed by atoms with van der Waals surface area (Å²) in [6.07, 6.45) is 10.2. The molecule has 0 radical (unpaired) electrons. The van der Waals surface area contributed by atoms with Crippen molar-refractivity contribution in [3.8, 4) is 0 Å². The summed E-state index contributed by atoms with van der Waals surface area (Å²) in [5, 5.41) is 4.16. The van der Waals surface area contributed by atoms with Crippen LogP contribution in [0.3, 0.4) is 0 Å². The van der Waals surface area contributed by atoms with E-state index in [4.69, 9.17) is 0 Å². The van der Waals surface area contributed by atoms with Crippen molar-refractivity contribution in [3.05, 3.63) is 23.6 Å². The Morgan fingerprint density at radius 1 is 1.20 bits per heavy atom. The number of amides is 1. The molecule has 5 heteroatoms. The first-order valence-corrected chi connectivity index (χ1v) is 9.09. The highest BCUT2D eigenvalue weighted by molar-refractivity contribution is 7.94. The Bertz CT molecular complexity index is 549. The Labute approximate surface area is 120 Å². The maximum atomic E-state index is 11.8. The number of hydrogen-bond donors (Lipinski definition) is 1. The molecule has 2 bridgehead atoms. The van der Waals surface area contributed by atoms with Gasteiger partial charge in [0.1, 0.15) is 0 Å². The van der Waals surface area contributed by atoms with E-state index in [2.05, 4.69) is 17.5 Å². The van der Waals surface area contributed by atoms with Crippen molar-refractivity contribution in [1.29, 1.82) is 0 Å². The van der Waals surface area contributed by atoms with Gasteiger partial charge in [0.2, 0.25) is 5.91 Å². The van der Waals surface area contributed by atoms with Gasteiger partial charge in [-0.25, -0.2) is 8.42 Å². The Hall–Kier alpha value is -1.10. The van der Waals surface area contributed by atoms with Gasteiger partial charge >= 0.3 is 0 Å². The number of sulfone groups is 1. The molecular formula is C15H21NO3S. The van der Waals surface area contributed by atoms with E-state index in [0.717, 1.165) is 24.2 Å². The van der Waals surface area contributed by atoms with Crippen LogP contribution in [0.4, 0.5) is 0 Å². The quantitative estimate of drug-likeness (QED) is 0.785. The molecule has 0 spiro atoms. The number of rotatable bonds is 5. The van der Waals surface area contributed by atoms with E-state index in [9.17, 15) is 13.2 Å². The molecule has 4 atom stereocenters. The summed E-state index contributed by atoms with van der Waals surface area (Å²) >= 11 is 0. The number of carbonyl (C=O) groups excluding carboxylic acids is 1. The predicted octanol–water partition coefficient (Wildman–Crippen LogP) is 1.65. The van der Waals surface area contributed by atoms with Gasteiger partial charge in [-0.2, -0.15) is 0 Å². The van der Waals surface area contributed by atoms with Gasteiger partial charge in [0.05, 0.1) is 5.75 Å². The minimum atomic E-state index is -3.05. The van der Waals surface area contributed by atoms with E-state index in [1.54, 1.807) is 6.08 Å². The summed E-state index contributed by atoms with van der Waals surface area (Å²) in [5.41, 5.74) is 0. The average Bonchev–Trinajstić information content (AvgIpc) is 3.05. The fourth-order valence-electron chi connectivity index (χ4n) is 3.70. The first kappa shape index (κ1) is 13.9. The zero-order chi connectivity index (χ0) is 14.2. The summed E-state index contributed by atoms with van der Waals surface area (Å²) in [6.45, 7) is 0.712. The van der Waals surface area contributed by atoms with Crippen LogP contribution in [0.25, 0.3) is 0 Å².